The Morgan fingerprint density at radius 1 is 1.56 bits per heavy atom. The fraction of sp³-hybridized carbons (Fsp3) is 0.714. The number of furan rings is 1. The standard InChI is InChI=1S/C14H22BrNO2/c1-5-17-12-8-11(14(12,3)4)16-9(2)10-6-7-13(15)18-10/h6-7,9,11-12,16H,5,8H2,1-4H3. The van der Waals surface area contributed by atoms with Crippen molar-refractivity contribution in [3.8, 4) is 0 Å². The highest BCUT2D eigenvalue weighted by atomic mass is 79.9. The second-order valence-electron chi connectivity index (χ2n) is 5.58. The highest BCUT2D eigenvalue weighted by Gasteiger charge is 2.49. The van der Waals surface area contributed by atoms with Crippen LogP contribution in [0.25, 0.3) is 0 Å². The molecule has 0 spiro atoms. The third-order valence-electron chi connectivity index (χ3n) is 4.02. The van der Waals surface area contributed by atoms with Gasteiger partial charge >= 0.3 is 0 Å². The van der Waals surface area contributed by atoms with Gasteiger partial charge in [-0.3, -0.25) is 0 Å². The lowest BCUT2D eigenvalue weighted by Crippen LogP contribution is -2.61. The molecular formula is C14H22BrNO2. The molecule has 1 saturated carbocycles. The van der Waals surface area contributed by atoms with Crippen LogP contribution in [-0.2, 0) is 4.74 Å². The van der Waals surface area contributed by atoms with Crippen molar-refractivity contribution in [2.75, 3.05) is 6.61 Å². The van der Waals surface area contributed by atoms with Gasteiger partial charge in [-0.2, -0.15) is 0 Å². The van der Waals surface area contributed by atoms with Crippen LogP contribution >= 0.6 is 15.9 Å². The maximum Gasteiger partial charge on any atom is 0.169 e. The van der Waals surface area contributed by atoms with Gasteiger partial charge in [0.05, 0.1) is 12.1 Å². The molecule has 102 valence electrons. The molecule has 1 aromatic heterocycles. The Kier molecular flexibility index (Phi) is 4.19. The molecule has 0 aliphatic heterocycles. The number of hydrogen-bond acceptors (Lipinski definition) is 3. The molecule has 1 aliphatic carbocycles. The van der Waals surface area contributed by atoms with E-state index >= 15 is 0 Å². The van der Waals surface area contributed by atoms with Crippen molar-refractivity contribution in [2.45, 2.75) is 52.3 Å². The molecule has 1 heterocycles. The lowest BCUT2D eigenvalue weighted by molar-refractivity contribution is -0.116. The van der Waals surface area contributed by atoms with Crippen molar-refractivity contribution in [1.29, 1.82) is 0 Å². The summed E-state index contributed by atoms with van der Waals surface area (Å²) in [4.78, 5) is 0. The SMILES string of the molecule is CCOC1CC(NC(C)c2ccc(Br)o2)C1(C)C. The average Bonchev–Trinajstić information content (AvgIpc) is 2.74. The average molecular weight is 316 g/mol. The molecule has 3 atom stereocenters. The van der Waals surface area contributed by atoms with Crippen molar-refractivity contribution < 1.29 is 9.15 Å². The molecule has 1 aliphatic rings. The first-order valence-electron chi connectivity index (χ1n) is 6.58. The van der Waals surface area contributed by atoms with Gasteiger partial charge in [0, 0.05) is 18.1 Å². The maximum absolute atomic E-state index is 5.74. The number of nitrogens with one attached hydrogen (secondary N) is 1. The molecule has 0 amide bonds. The van der Waals surface area contributed by atoms with E-state index in [1.165, 1.54) is 0 Å². The lowest BCUT2D eigenvalue weighted by Gasteiger charge is -2.52. The number of halogens is 1. The Balaban J connectivity index is 1.91. The molecule has 0 radical (unpaired) electrons. The van der Waals surface area contributed by atoms with Crippen molar-refractivity contribution >= 4 is 15.9 Å². The minimum absolute atomic E-state index is 0.189. The molecule has 1 aromatic rings. The predicted molar refractivity (Wildman–Crippen MR) is 75.6 cm³/mol. The monoisotopic (exact) mass is 315 g/mol. The van der Waals surface area contributed by atoms with Crippen LogP contribution in [0.5, 0.6) is 0 Å². The van der Waals surface area contributed by atoms with Crippen molar-refractivity contribution in [3.05, 3.63) is 22.6 Å². The highest BCUT2D eigenvalue weighted by molar-refractivity contribution is 9.10. The van der Waals surface area contributed by atoms with Crippen molar-refractivity contribution in [1.82, 2.24) is 5.32 Å². The van der Waals surface area contributed by atoms with Crippen LogP contribution < -0.4 is 5.32 Å². The van der Waals surface area contributed by atoms with Crippen LogP contribution in [0.1, 0.15) is 45.9 Å². The second kappa shape index (κ2) is 5.35. The van der Waals surface area contributed by atoms with Crippen molar-refractivity contribution in [2.24, 2.45) is 5.41 Å². The van der Waals surface area contributed by atoms with Gasteiger partial charge in [-0.25, -0.2) is 0 Å². The molecule has 0 aromatic carbocycles. The Hall–Kier alpha value is -0.320. The molecule has 4 heteroatoms. The summed E-state index contributed by atoms with van der Waals surface area (Å²) in [6, 6.07) is 4.65. The van der Waals surface area contributed by atoms with Gasteiger partial charge in [0.15, 0.2) is 4.67 Å². The summed E-state index contributed by atoms with van der Waals surface area (Å²) in [7, 11) is 0. The zero-order valence-corrected chi connectivity index (χ0v) is 13.1. The van der Waals surface area contributed by atoms with Crippen LogP contribution in [0.3, 0.4) is 0 Å². The van der Waals surface area contributed by atoms with E-state index in [4.69, 9.17) is 9.15 Å². The van der Waals surface area contributed by atoms with Crippen LogP contribution in [0.2, 0.25) is 0 Å². The molecule has 18 heavy (non-hydrogen) atoms. The second-order valence-corrected chi connectivity index (χ2v) is 6.37. The molecule has 0 bridgehead atoms. The number of ether oxygens (including phenoxy) is 1. The molecule has 3 unspecified atom stereocenters. The minimum atomic E-state index is 0.189. The van der Waals surface area contributed by atoms with Gasteiger partial charge in [-0.1, -0.05) is 13.8 Å². The fourth-order valence-corrected chi connectivity index (χ4v) is 2.92. The first-order chi connectivity index (χ1) is 8.45. The smallest absolute Gasteiger partial charge is 0.169 e. The zero-order chi connectivity index (χ0) is 13.3. The van der Waals surface area contributed by atoms with Crippen LogP contribution in [0.15, 0.2) is 21.2 Å². The summed E-state index contributed by atoms with van der Waals surface area (Å²) >= 11 is 3.34. The summed E-state index contributed by atoms with van der Waals surface area (Å²) in [5.41, 5.74) is 0.189. The molecular weight excluding hydrogens is 294 g/mol. The van der Waals surface area contributed by atoms with E-state index in [-0.39, 0.29) is 11.5 Å². The molecule has 3 nitrogen and oxygen atoms in total. The fourth-order valence-electron chi connectivity index (χ4n) is 2.60. The first-order valence-corrected chi connectivity index (χ1v) is 7.37. The summed E-state index contributed by atoms with van der Waals surface area (Å²) in [6.07, 6.45) is 1.45. The Bertz CT molecular complexity index is 402. The molecule has 1 N–H and O–H groups in total. The first kappa shape index (κ1) is 14.1. The Labute approximate surface area is 117 Å². The Morgan fingerprint density at radius 2 is 2.28 bits per heavy atom. The van der Waals surface area contributed by atoms with Gasteiger partial charge in [-0.15, -0.1) is 0 Å². The maximum atomic E-state index is 5.74. The molecule has 1 fully saturated rings. The van der Waals surface area contributed by atoms with Gasteiger partial charge in [0.25, 0.3) is 0 Å². The summed E-state index contributed by atoms with van der Waals surface area (Å²) in [5.74, 6) is 0.970. The van der Waals surface area contributed by atoms with E-state index in [1.807, 2.05) is 12.1 Å². The van der Waals surface area contributed by atoms with E-state index in [9.17, 15) is 0 Å². The summed E-state index contributed by atoms with van der Waals surface area (Å²) in [6.45, 7) is 9.51. The van der Waals surface area contributed by atoms with Crippen LogP contribution in [0.4, 0.5) is 0 Å². The van der Waals surface area contributed by atoms with Crippen LogP contribution in [0, 0.1) is 5.41 Å². The van der Waals surface area contributed by atoms with Gasteiger partial charge in [-0.05, 0) is 48.3 Å². The van der Waals surface area contributed by atoms with Gasteiger partial charge in [0.1, 0.15) is 5.76 Å². The number of hydrogen-bond donors (Lipinski definition) is 1. The summed E-state index contributed by atoms with van der Waals surface area (Å²) in [5, 5.41) is 3.63. The topological polar surface area (TPSA) is 34.4 Å². The van der Waals surface area contributed by atoms with E-state index in [1.54, 1.807) is 0 Å². The highest BCUT2D eigenvalue weighted by Crippen LogP contribution is 2.43. The lowest BCUT2D eigenvalue weighted by atomic mass is 9.64. The van der Waals surface area contributed by atoms with Gasteiger partial charge < -0.3 is 14.5 Å². The van der Waals surface area contributed by atoms with E-state index in [2.05, 4.69) is 48.9 Å². The largest absolute Gasteiger partial charge is 0.453 e. The third-order valence-corrected chi connectivity index (χ3v) is 4.44. The quantitative estimate of drug-likeness (QED) is 0.895. The zero-order valence-electron chi connectivity index (χ0n) is 11.5. The minimum Gasteiger partial charge on any atom is -0.453 e. The third kappa shape index (κ3) is 2.65. The van der Waals surface area contributed by atoms with E-state index in [0.29, 0.717) is 12.1 Å². The normalized spacial score (nSPS) is 27.8. The molecule has 0 saturated heterocycles. The van der Waals surface area contributed by atoms with E-state index < -0.39 is 0 Å². The predicted octanol–water partition coefficient (Wildman–Crippen LogP) is 3.90. The Morgan fingerprint density at radius 3 is 2.78 bits per heavy atom. The van der Waals surface area contributed by atoms with Crippen LogP contribution in [-0.4, -0.2) is 18.8 Å². The van der Waals surface area contributed by atoms with Crippen molar-refractivity contribution in [3.63, 3.8) is 0 Å². The van der Waals surface area contributed by atoms with Gasteiger partial charge in [0.2, 0.25) is 0 Å². The summed E-state index contributed by atoms with van der Waals surface area (Å²) < 4.78 is 12.1. The number of rotatable bonds is 5. The van der Waals surface area contributed by atoms with E-state index in [0.717, 1.165) is 23.5 Å². The molecule has 2 rings (SSSR count).